The van der Waals surface area contributed by atoms with E-state index >= 15 is 0 Å². The van der Waals surface area contributed by atoms with Gasteiger partial charge in [-0.15, -0.1) is 0 Å². The Kier molecular flexibility index (Phi) is 1.80. The predicted molar refractivity (Wildman–Crippen MR) is 36.5 cm³/mol. The van der Waals surface area contributed by atoms with Crippen molar-refractivity contribution in [2.24, 2.45) is 0 Å². The van der Waals surface area contributed by atoms with E-state index in [9.17, 15) is 0 Å². The van der Waals surface area contributed by atoms with E-state index in [0.717, 1.165) is 0 Å². The fraction of sp³-hybridized carbons (Fsp3) is 0.333. The third-order valence-electron chi connectivity index (χ3n) is 0.419. The van der Waals surface area contributed by atoms with Crippen molar-refractivity contribution < 1.29 is 0 Å². The van der Waals surface area contributed by atoms with Crippen LogP contribution < -0.4 is 0 Å². The van der Waals surface area contributed by atoms with Gasteiger partial charge in [0.25, 0.3) is 0 Å². The summed E-state index contributed by atoms with van der Waals surface area (Å²) in [6.07, 6.45) is 0. The predicted octanol–water partition coefficient (Wildman–Crippen LogP) is 2.89. The summed E-state index contributed by atoms with van der Waals surface area (Å²) >= 11 is 0. The van der Waals surface area contributed by atoms with Crippen molar-refractivity contribution in [2.75, 3.05) is 0 Å². The Morgan fingerprint density at radius 3 is 2.67 bits per heavy atom. The lowest BCUT2D eigenvalue weighted by molar-refractivity contribution is 1.73. The molecule has 0 nitrogen and oxygen atoms in total. The molecule has 1 aliphatic heterocycles. The topological polar surface area (TPSA) is 0 Å². The largest absolute Gasteiger partial charge is 0.0530 e. The molecular formula is C3H4S3. The second kappa shape index (κ2) is 2.19. The van der Waals surface area contributed by atoms with Crippen molar-refractivity contribution in [3.8, 4) is 0 Å². The van der Waals surface area contributed by atoms with Gasteiger partial charge in [0.1, 0.15) is 0 Å². The van der Waals surface area contributed by atoms with E-state index in [1.807, 2.05) is 20.6 Å². The summed E-state index contributed by atoms with van der Waals surface area (Å²) in [5, 5.41) is 2.16. The fourth-order valence-corrected chi connectivity index (χ4v) is 4.00. The molecule has 0 aromatic rings. The minimum Gasteiger partial charge on any atom is -0.0530 e. The maximum atomic E-state index is 2.16. The van der Waals surface area contributed by atoms with Crippen molar-refractivity contribution in [3.05, 3.63) is 10.3 Å². The molecule has 0 N–H and O–H groups in total. The van der Waals surface area contributed by atoms with Gasteiger partial charge in [-0.3, -0.25) is 0 Å². The monoisotopic (exact) mass is 136 g/mol. The molecule has 1 aliphatic rings. The number of allylic oxidation sites excluding steroid dienone is 1. The second-order valence-corrected chi connectivity index (χ2v) is 5.06. The van der Waals surface area contributed by atoms with Gasteiger partial charge in [0, 0.05) is 4.91 Å². The van der Waals surface area contributed by atoms with Gasteiger partial charge in [-0.1, -0.05) is 21.6 Å². The Bertz CT molecular complexity index is 76.1. The summed E-state index contributed by atoms with van der Waals surface area (Å²) in [5.41, 5.74) is 0. The van der Waals surface area contributed by atoms with Crippen molar-refractivity contribution in [3.63, 3.8) is 0 Å². The van der Waals surface area contributed by atoms with Crippen molar-refractivity contribution in [1.29, 1.82) is 0 Å². The summed E-state index contributed by atoms with van der Waals surface area (Å²) in [6.45, 7) is 2.12. The standard InChI is InChI=1S/C3H4S3/c1-3-2-4-6-5-3/h2H,1H3. The third-order valence-corrected chi connectivity index (χ3v) is 4.38. The molecule has 3 heteroatoms. The van der Waals surface area contributed by atoms with Gasteiger partial charge in [-0.05, 0) is 22.2 Å². The maximum Gasteiger partial charge on any atom is 0.000720 e. The van der Waals surface area contributed by atoms with Gasteiger partial charge in [-0.2, -0.15) is 0 Å². The summed E-state index contributed by atoms with van der Waals surface area (Å²) in [4.78, 5) is 1.42. The lowest BCUT2D eigenvalue weighted by Crippen LogP contribution is -1.44. The Balaban J connectivity index is 2.45. The highest BCUT2D eigenvalue weighted by Crippen LogP contribution is 2.47. The van der Waals surface area contributed by atoms with Crippen LogP contribution in [-0.4, -0.2) is 0 Å². The average Bonchev–Trinajstić information content (AvgIpc) is 1.86. The van der Waals surface area contributed by atoms with Crippen LogP contribution in [0.25, 0.3) is 0 Å². The van der Waals surface area contributed by atoms with Crippen LogP contribution >= 0.6 is 31.4 Å². The van der Waals surface area contributed by atoms with Crippen molar-refractivity contribution >= 4 is 31.4 Å². The number of hydrogen-bond donors (Lipinski definition) is 0. The summed E-state index contributed by atoms with van der Waals surface area (Å²) < 4.78 is 0. The molecule has 0 unspecified atom stereocenters. The van der Waals surface area contributed by atoms with E-state index < -0.39 is 0 Å². The Morgan fingerprint density at radius 1 is 1.67 bits per heavy atom. The van der Waals surface area contributed by atoms with Crippen LogP contribution in [0.1, 0.15) is 6.92 Å². The van der Waals surface area contributed by atoms with Crippen molar-refractivity contribution in [2.45, 2.75) is 6.92 Å². The van der Waals surface area contributed by atoms with Gasteiger partial charge >= 0.3 is 0 Å². The van der Waals surface area contributed by atoms with Crippen LogP contribution in [0, 0.1) is 0 Å². The molecule has 0 bridgehead atoms. The van der Waals surface area contributed by atoms with Crippen LogP contribution in [0.2, 0.25) is 0 Å². The summed E-state index contributed by atoms with van der Waals surface area (Å²) in [7, 11) is 5.46. The number of rotatable bonds is 0. The lowest BCUT2D eigenvalue weighted by Gasteiger charge is -1.77. The molecule has 0 saturated carbocycles. The maximum absolute atomic E-state index is 2.16. The van der Waals surface area contributed by atoms with Crippen molar-refractivity contribution in [1.82, 2.24) is 0 Å². The van der Waals surface area contributed by atoms with E-state index in [2.05, 4.69) is 12.3 Å². The quantitative estimate of drug-likeness (QED) is 0.470. The summed E-state index contributed by atoms with van der Waals surface area (Å²) in [6, 6.07) is 0. The molecule has 6 heavy (non-hydrogen) atoms. The van der Waals surface area contributed by atoms with E-state index in [-0.39, 0.29) is 0 Å². The van der Waals surface area contributed by atoms with E-state index in [1.165, 1.54) is 4.91 Å². The highest BCUT2D eigenvalue weighted by Gasteiger charge is 1.97. The van der Waals surface area contributed by atoms with Crippen LogP contribution in [-0.2, 0) is 0 Å². The zero-order valence-corrected chi connectivity index (χ0v) is 5.75. The first-order valence-electron chi connectivity index (χ1n) is 1.56. The van der Waals surface area contributed by atoms with Gasteiger partial charge in [0.15, 0.2) is 0 Å². The highest BCUT2D eigenvalue weighted by atomic mass is 33.5. The molecule has 0 amide bonds. The van der Waals surface area contributed by atoms with Crippen LogP contribution in [0.15, 0.2) is 10.3 Å². The first kappa shape index (κ1) is 4.94. The SMILES string of the molecule is CC1=CSSS1. The molecule has 34 valence electrons. The molecule has 0 aromatic heterocycles. The molecular weight excluding hydrogens is 132 g/mol. The van der Waals surface area contributed by atoms with Crippen LogP contribution in [0.5, 0.6) is 0 Å². The second-order valence-electron chi connectivity index (χ2n) is 0.976. The minimum absolute atomic E-state index is 1.42. The fourth-order valence-electron chi connectivity index (χ4n) is 0.180. The molecule has 0 atom stereocenters. The molecule has 0 saturated heterocycles. The zero-order valence-electron chi connectivity index (χ0n) is 3.30. The molecule has 0 aromatic carbocycles. The zero-order chi connectivity index (χ0) is 4.41. The first-order chi connectivity index (χ1) is 2.89. The molecule has 0 spiro atoms. The van der Waals surface area contributed by atoms with Gasteiger partial charge in [0.2, 0.25) is 0 Å². The van der Waals surface area contributed by atoms with E-state index in [1.54, 1.807) is 10.8 Å². The molecule has 1 heterocycles. The summed E-state index contributed by atoms with van der Waals surface area (Å²) in [5.74, 6) is 0. The van der Waals surface area contributed by atoms with Gasteiger partial charge in [-0.25, -0.2) is 0 Å². The molecule has 1 rings (SSSR count). The normalized spacial score (nSPS) is 21.2. The van der Waals surface area contributed by atoms with E-state index in [0.29, 0.717) is 0 Å². The van der Waals surface area contributed by atoms with E-state index in [4.69, 9.17) is 0 Å². The Hall–Kier alpha value is 0.790. The molecule has 0 fully saturated rings. The van der Waals surface area contributed by atoms with Crippen LogP contribution in [0.4, 0.5) is 0 Å². The number of hydrogen-bond acceptors (Lipinski definition) is 3. The lowest BCUT2D eigenvalue weighted by atomic mass is 10.8. The molecule has 0 radical (unpaired) electrons. The Labute approximate surface area is 48.9 Å². The highest BCUT2D eigenvalue weighted by molar-refractivity contribution is 9.11. The van der Waals surface area contributed by atoms with Crippen LogP contribution in [0.3, 0.4) is 0 Å². The minimum atomic E-state index is 1.42. The average molecular weight is 136 g/mol. The van der Waals surface area contributed by atoms with Gasteiger partial charge in [0.05, 0.1) is 0 Å². The smallest absolute Gasteiger partial charge is 0.000720 e. The Morgan fingerprint density at radius 2 is 2.50 bits per heavy atom. The first-order valence-corrected chi connectivity index (χ1v) is 5.11. The van der Waals surface area contributed by atoms with Gasteiger partial charge < -0.3 is 0 Å². The third kappa shape index (κ3) is 1.13. The molecule has 0 aliphatic carbocycles.